The van der Waals surface area contributed by atoms with Crippen molar-refractivity contribution in [1.82, 2.24) is 4.90 Å². The van der Waals surface area contributed by atoms with Crippen molar-refractivity contribution in [3.63, 3.8) is 0 Å². The van der Waals surface area contributed by atoms with Crippen LogP contribution in [0, 0.1) is 0 Å². The number of hydrogen-bond donors (Lipinski definition) is 0. The number of halogens is 1. The van der Waals surface area contributed by atoms with E-state index >= 15 is 0 Å². The first-order valence-electron chi connectivity index (χ1n) is 12.2. The number of nitrogens with zero attached hydrogens (tertiary/aromatic N) is 3. The Balaban J connectivity index is 1.27. The van der Waals surface area contributed by atoms with E-state index in [1.54, 1.807) is 21.9 Å². The summed E-state index contributed by atoms with van der Waals surface area (Å²) in [6.45, 7) is 9.21. The molecular formula is C28H30ClN3O4. The van der Waals surface area contributed by atoms with Crippen LogP contribution < -0.4 is 14.5 Å². The van der Waals surface area contributed by atoms with E-state index in [9.17, 15) is 9.59 Å². The third-order valence-electron chi connectivity index (χ3n) is 6.69. The predicted molar refractivity (Wildman–Crippen MR) is 140 cm³/mol. The Kier molecular flexibility index (Phi) is 6.43. The molecule has 2 aliphatic heterocycles. The highest BCUT2D eigenvalue weighted by molar-refractivity contribution is 6.30. The van der Waals surface area contributed by atoms with Crippen LogP contribution in [0.15, 0.2) is 59.0 Å². The van der Waals surface area contributed by atoms with Gasteiger partial charge in [0.1, 0.15) is 11.5 Å². The van der Waals surface area contributed by atoms with Gasteiger partial charge in [0.15, 0.2) is 12.4 Å². The van der Waals surface area contributed by atoms with Crippen LogP contribution in [0.5, 0.6) is 5.75 Å². The number of hydrogen-bond acceptors (Lipinski definition) is 5. The zero-order chi connectivity index (χ0) is 25.4. The van der Waals surface area contributed by atoms with Gasteiger partial charge < -0.3 is 19.0 Å². The molecule has 1 fully saturated rings. The molecule has 0 spiro atoms. The van der Waals surface area contributed by atoms with E-state index in [4.69, 9.17) is 20.8 Å². The van der Waals surface area contributed by atoms with Gasteiger partial charge in [-0.2, -0.15) is 0 Å². The maximum absolute atomic E-state index is 13.1. The molecule has 0 unspecified atom stereocenters. The van der Waals surface area contributed by atoms with E-state index in [0.717, 1.165) is 30.0 Å². The minimum Gasteiger partial charge on any atom is -0.482 e. The number of rotatable bonds is 4. The van der Waals surface area contributed by atoms with Crippen molar-refractivity contribution in [2.75, 3.05) is 42.6 Å². The lowest BCUT2D eigenvalue weighted by Crippen LogP contribution is -2.48. The second-order valence-electron chi connectivity index (χ2n) is 10.2. The summed E-state index contributed by atoms with van der Waals surface area (Å²) in [4.78, 5) is 31.6. The van der Waals surface area contributed by atoms with Crippen LogP contribution in [-0.4, -0.2) is 49.5 Å². The maximum atomic E-state index is 13.1. The molecule has 0 radical (unpaired) electrons. The lowest BCUT2D eigenvalue weighted by molar-refractivity contribution is -0.121. The van der Waals surface area contributed by atoms with Crippen LogP contribution in [0.4, 0.5) is 11.4 Å². The molecular weight excluding hydrogens is 478 g/mol. The molecule has 1 aromatic heterocycles. The first-order valence-corrected chi connectivity index (χ1v) is 12.5. The maximum Gasteiger partial charge on any atom is 0.289 e. The van der Waals surface area contributed by atoms with Gasteiger partial charge in [-0.1, -0.05) is 44.5 Å². The molecule has 0 bridgehead atoms. The highest BCUT2D eigenvalue weighted by Crippen LogP contribution is 2.37. The lowest BCUT2D eigenvalue weighted by atomic mass is 9.86. The van der Waals surface area contributed by atoms with Crippen LogP contribution >= 0.6 is 11.6 Å². The van der Waals surface area contributed by atoms with Gasteiger partial charge in [0, 0.05) is 36.9 Å². The fourth-order valence-corrected chi connectivity index (χ4v) is 4.76. The molecule has 36 heavy (non-hydrogen) atoms. The molecule has 3 aromatic rings. The molecule has 8 heteroatoms. The summed E-state index contributed by atoms with van der Waals surface area (Å²) in [6.07, 6.45) is 0. The number of amides is 2. The molecule has 7 nitrogen and oxygen atoms in total. The summed E-state index contributed by atoms with van der Waals surface area (Å²) in [5.41, 5.74) is 2.82. The monoisotopic (exact) mass is 507 g/mol. The van der Waals surface area contributed by atoms with Crippen molar-refractivity contribution >= 4 is 34.8 Å². The largest absolute Gasteiger partial charge is 0.482 e. The molecule has 188 valence electrons. The smallest absolute Gasteiger partial charge is 0.289 e. The zero-order valence-electron chi connectivity index (χ0n) is 20.8. The SMILES string of the molecule is CC(C)(C)c1ccc2c(c1)N(Cc1ccc(C(=O)N3CCN(c4cccc(Cl)c4)CC3)o1)C(=O)CO2. The predicted octanol–water partition coefficient (Wildman–Crippen LogP) is 5.12. The average Bonchev–Trinajstić information content (AvgIpc) is 3.33. The molecule has 0 atom stereocenters. The average molecular weight is 508 g/mol. The summed E-state index contributed by atoms with van der Waals surface area (Å²) in [7, 11) is 0. The Morgan fingerprint density at radius 1 is 1.00 bits per heavy atom. The van der Waals surface area contributed by atoms with Gasteiger partial charge in [-0.15, -0.1) is 0 Å². The quantitative estimate of drug-likeness (QED) is 0.490. The molecule has 0 aliphatic carbocycles. The normalized spacial score (nSPS) is 16.1. The van der Waals surface area contributed by atoms with Gasteiger partial charge in [0.25, 0.3) is 11.8 Å². The number of carbonyl (C=O) groups is 2. The second-order valence-corrected chi connectivity index (χ2v) is 10.7. The van der Waals surface area contributed by atoms with Crippen LogP contribution in [0.3, 0.4) is 0 Å². The lowest BCUT2D eigenvalue weighted by Gasteiger charge is -2.35. The summed E-state index contributed by atoms with van der Waals surface area (Å²) >= 11 is 6.12. The summed E-state index contributed by atoms with van der Waals surface area (Å²) in [5, 5.41) is 0.699. The summed E-state index contributed by atoms with van der Waals surface area (Å²) < 4.78 is 11.6. The Morgan fingerprint density at radius 2 is 1.78 bits per heavy atom. The Morgan fingerprint density at radius 3 is 2.50 bits per heavy atom. The van der Waals surface area contributed by atoms with Gasteiger partial charge in [0.05, 0.1) is 12.2 Å². The standard InChI is InChI=1S/C28H30ClN3O4/c1-28(2,3)19-7-9-24-23(15-19)32(26(33)18-35-24)17-22-8-10-25(36-22)27(34)31-13-11-30(12-14-31)21-6-4-5-20(29)16-21/h4-10,15-16H,11-14,17-18H2,1-3H3. The molecule has 2 aromatic carbocycles. The van der Waals surface area contributed by atoms with Gasteiger partial charge in [-0.3, -0.25) is 14.5 Å². The molecule has 2 amide bonds. The van der Waals surface area contributed by atoms with Crippen molar-refractivity contribution < 1.29 is 18.7 Å². The fraction of sp³-hybridized carbons (Fsp3) is 0.357. The van der Waals surface area contributed by atoms with Crippen molar-refractivity contribution in [2.45, 2.75) is 32.7 Å². The highest BCUT2D eigenvalue weighted by Gasteiger charge is 2.29. The van der Waals surface area contributed by atoms with Gasteiger partial charge in [0.2, 0.25) is 0 Å². The van der Waals surface area contributed by atoms with Gasteiger partial charge in [-0.05, 0) is 53.4 Å². The number of ether oxygens (including phenoxy) is 1. The fourth-order valence-electron chi connectivity index (χ4n) is 4.57. The minimum absolute atomic E-state index is 0.0226. The number of anilines is 2. The van der Waals surface area contributed by atoms with Crippen molar-refractivity contribution in [3.8, 4) is 5.75 Å². The Hall–Kier alpha value is -3.45. The van der Waals surface area contributed by atoms with Crippen LogP contribution in [0.2, 0.25) is 5.02 Å². The van der Waals surface area contributed by atoms with E-state index in [0.29, 0.717) is 29.6 Å². The van der Waals surface area contributed by atoms with Gasteiger partial charge in [-0.25, -0.2) is 0 Å². The second kappa shape index (κ2) is 9.54. The zero-order valence-corrected chi connectivity index (χ0v) is 21.5. The minimum atomic E-state index is -0.144. The van der Waals surface area contributed by atoms with E-state index in [-0.39, 0.29) is 36.1 Å². The van der Waals surface area contributed by atoms with Crippen molar-refractivity contribution in [2.24, 2.45) is 0 Å². The van der Waals surface area contributed by atoms with Gasteiger partial charge >= 0.3 is 0 Å². The first kappa shape index (κ1) is 24.3. The number of fused-ring (bicyclic) bond motifs is 1. The van der Waals surface area contributed by atoms with Crippen molar-refractivity contribution in [3.05, 3.63) is 76.7 Å². The number of benzene rings is 2. The third-order valence-corrected chi connectivity index (χ3v) is 6.93. The number of piperazine rings is 1. The van der Waals surface area contributed by atoms with Crippen molar-refractivity contribution in [1.29, 1.82) is 0 Å². The molecule has 2 aliphatic rings. The molecule has 3 heterocycles. The number of furan rings is 1. The molecule has 0 saturated carbocycles. The van der Waals surface area contributed by atoms with Crippen LogP contribution in [0.25, 0.3) is 0 Å². The van der Waals surface area contributed by atoms with E-state index in [2.05, 4.69) is 25.7 Å². The third kappa shape index (κ3) is 4.93. The van der Waals surface area contributed by atoms with E-state index < -0.39 is 0 Å². The summed E-state index contributed by atoms with van der Waals surface area (Å²) in [6, 6.07) is 17.2. The topological polar surface area (TPSA) is 66.2 Å². The first-order chi connectivity index (χ1) is 17.2. The van der Waals surface area contributed by atoms with Crippen LogP contribution in [-0.2, 0) is 16.8 Å². The molecule has 0 N–H and O–H groups in total. The molecule has 5 rings (SSSR count). The molecule has 1 saturated heterocycles. The Labute approximate surface area is 216 Å². The number of carbonyl (C=O) groups excluding carboxylic acids is 2. The highest BCUT2D eigenvalue weighted by atomic mass is 35.5. The van der Waals surface area contributed by atoms with E-state index in [1.807, 2.05) is 42.5 Å². The van der Waals surface area contributed by atoms with E-state index in [1.165, 1.54) is 0 Å². The Bertz CT molecular complexity index is 1290. The van der Waals surface area contributed by atoms with Crippen LogP contribution in [0.1, 0.15) is 42.6 Å². The summed E-state index contributed by atoms with van der Waals surface area (Å²) in [5.74, 6) is 1.22.